The third kappa shape index (κ3) is 2.31. The largest absolute Gasteiger partial charge is 0.481 e. The average Bonchev–Trinajstić information content (AvgIpc) is 2.34. The molecule has 4 heteroatoms. The van der Waals surface area contributed by atoms with Crippen molar-refractivity contribution in [3.05, 3.63) is 16.6 Å². The van der Waals surface area contributed by atoms with Crippen LogP contribution in [0.2, 0.25) is 0 Å². The quantitative estimate of drug-likeness (QED) is 0.746. The number of hydrogen-bond donors (Lipinski definition) is 1. The number of aliphatic carboxylic acids is 1. The Bertz CT molecular complexity index is 257. The monoisotopic (exact) mass is 171 g/mol. The van der Waals surface area contributed by atoms with Gasteiger partial charge in [0.15, 0.2) is 0 Å². The minimum Gasteiger partial charge on any atom is -0.481 e. The van der Waals surface area contributed by atoms with Crippen molar-refractivity contribution in [2.75, 3.05) is 0 Å². The highest BCUT2D eigenvalue weighted by molar-refractivity contribution is 7.05. The summed E-state index contributed by atoms with van der Waals surface area (Å²) in [5, 5.41) is 8.43. The third-order valence-corrected chi connectivity index (χ3v) is 2.12. The molecule has 1 N–H and O–H groups in total. The smallest absolute Gasteiger partial charge is 0.308 e. The number of carboxylic acids is 1. The minimum atomic E-state index is -0.795. The van der Waals surface area contributed by atoms with Gasteiger partial charge in [-0.25, -0.2) is 0 Å². The molecule has 1 heterocycles. The maximum Gasteiger partial charge on any atom is 0.308 e. The summed E-state index contributed by atoms with van der Waals surface area (Å²) in [5.74, 6) is -0.795. The predicted octanol–water partition coefficient (Wildman–Crippen LogP) is 1.33. The van der Waals surface area contributed by atoms with Crippen LogP contribution in [0.25, 0.3) is 0 Å². The van der Waals surface area contributed by atoms with Gasteiger partial charge in [-0.1, -0.05) is 6.92 Å². The first-order valence-corrected chi connectivity index (χ1v) is 4.16. The van der Waals surface area contributed by atoms with Crippen LogP contribution >= 0.6 is 11.5 Å². The normalized spacial score (nSPS) is 9.91. The first-order valence-electron chi connectivity index (χ1n) is 3.38. The maximum absolute atomic E-state index is 10.2. The molecule has 0 unspecified atom stereocenters. The average molecular weight is 171 g/mol. The first kappa shape index (κ1) is 8.20. The van der Waals surface area contributed by atoms with Crippen molar-refractivity contribution in [2.45, 2.75) is 19.8 Å². The second-order valence-electron chi connectivity index (χ2n) is 2.21. The number of nitrogens with zero attached hydrogens (tertiary/aromatic N) is 1. The molecule has 1 aromatic rings. The van der Waals surface area contributed by atoms with Crippen LogP contribution in [0.3, 0.4) is 0 Å². The zero-order valence-electron chi connectivity index (χ0n) is 6.20. The van der Waals surface area contributed by atoms with E-state index in [1.54, 1.807) is 0 Å². The van der Waals surface area contributed by atoms with Gasteiger partial charge in [0.2, 0.25) is 0 Å². The number of carbonyl (C=O) groups is 1. The Morgan fingerprint density at radius 1 is 1.82 bits per heavy atom. The Kier molecular flexibility index (Phi) is 2.59. The van der Waals surface area contributed by atoms with E-state index in [1.165, 1.54) is 11.5 Å². The summed E-state index contributed by atoms with van der Waals surface area (Å²) in [7, 11) is 0. The van der Waals surface area contributed by atoms with Gasteiger partial charge < -0.3 is 5.11 Å². The lowest BCUT2D eigenvalue weighted by Crippen LogP contribution is -1.97. The topological polar surface area (TPSA) is 50.2 Å². The summed E-state index contributed by atoms with van der Waals surface area (Å²) in [6.07, 6.45) is 0.966. The molecule has 0 spiro atoms. The fourth-order valence-electron chi connectivity index (χ4n) is 0.755. The van der Waals surface area contributed by atoms with Gasteiger partial charge in [-0.15, -0.1) is 0 Å². The lowest BCUT2D eigenvalue weighted by molar-refractivity contribution is -0.136. The molecular formula is C7H9NO2S. The van der Waals surface area contributed by atoms with Crippen molar-refractivity contribution < 1.29 is 9.90 Å². The number of hydrogen-bond acceptors (Lipinski definition) is 3. The van der Waals surface area contributed by atoms with Crippen molar-refractivity contribution in [2.24, 2.45) is 0 Å². The molecule has 1 rings (SSSR count). The van der Waals surface area contributed by atoms with E-state index < -0.39 is 5.97 Å². The minimum absolute atomic E-state index is 0.0949. The molecule has 0 fully saturated rings. The van der Waals surface area contributed by atoms with E-state index in [2.05, 4.69) is 4.37 Å². The lowest BCUT2D eigenvalue weighted by atomic mass is 10.3. The Hall–Kier alpha value is -0.900. The molecule has 0 aliphatic heterocycles. The molecule has 0 aromatic carbocycles. The molecule has 0 bridgehead atoms. The highest BCUT2D eigenvalue weighted by atomic mass is 32.1. The molecule has 0 aliphatic rings. The molecule has 1 aromatic heterocycles. The molecule has 0 atom stereocenters. The number of aryl methyl sites for hydroxylation is 1. The van der Waals surface area contributed by atoms with Crippen LogP contribution in [0.4, 0.5) is 0 Å². The second kappa shape index (κ2) is 3.48. The third-order valence-electron chi connectivity index (χ3n) is 1.30. The zero-order valence-corrected chi connectivity index (χ0v) is 7.02. The molecule has 3 nitrogen and oxygen atoms in total. The van der Waals surface area contributed by atoms with Gasteiger partial charge >= 0.3 is 5.97 Å². The molecule has 0 saturated heterocycles. The van der Waals surface area contributed by atoms with Crippen LogP contribution in [-0.4, -0.2) is 15.4 Å². The number of carboxylic acid groups (broad SMARTS) is 1. The molecule has 11 heavy (non-hydrogen) atoms. The van der Waals surface area contributed by atoms with E-state index in [-0.39, 0.29) is 6.42 Å². The molecule has 0 saturated carbocycles. The van der Waals surface area contributed by atoms with Crippen molar-refractivity contribution in [1.29, 1.82) is 0 Å². The van der Waals surface area contributed by atoms with Crippen LogP contribution in [0.5, 0.6) is 0 Å². The van der Waals surface area contributed by atoms with E-state index in [1.807, 2.05) is 13.0 Å². The standard InChI is InChI=1S/C7H9NO2S/c1-2-5-3-6(11-8-5)4-7(9)10/h3H,2,4H2,1H3,(H,9,10). The molecule has 0 aliphatic carbocycles. The predicted molar refractivity (Wildman–Crippen MR) is 42.8 cm³/mol. The summed E-state index contributed by atoms with van der Waals surface area (Å²) in [5.41, 5.74) is 0.978. The summed E-state index contributed by atoms with van der Waals surface area (Å²) < 4.78 is 4.07. The molecule has 0 radical (unpaired) electrons. The molecule has 0 amide bonds. The second-order valence-corrected chi connectivity index (χ2v) is 3.10. The number of rotatable bonds is 3. The van der Waals surface area contributed by atoms with Crippen LogP contribution in [0.1, 0.15) is 17.5 Å². The van der Waals surface area contributed by atoms with Crippen molar-refractivity contribution >= 4 is 17.5 Å². The number of aromatic nitrogens is 1. The van der Waals surface area contributed by atoms with E-state index in [0.717, 1.165) is 17.0 Å². The fourth-order valence-corrected chi connectivity index (χ4v) is 1.55. The van der Waals surface area contributed by atoms with Gasteiger partial charge in [-0.05, 0) is 24.0 Å². The van der Waals surface area contributed by atoms with Crippen LogP contribution in [0.15, 0.2) is 6.07 Å². The Morgan fingerprint density at radius 3 is 3.00 bits per heavy atom. The van der Waals surface area contributed by atoms with Crippen molar-refractivity contribution in [3.63, 3.8) is 0 Å². The van der Waals surface area contributed by atoms with Gasteiger partial charge in [-0.2, -0.15) is 4.37 Å². The SMILES string of the molecule is CCc1cc(CC(=O)O)sn1. The van der Waals surface area contributed by atoms with E-state index in [0.29, 0.717) is 0 Å². The zero-order chi connectivity index (χ0) is 8.27. The van der Waals surface area contributed by atoms with E-state index in [4.69, 9.17) is 5.11 Å². The summed E-state index contributed by atoms with van der Waals surface area (Å²) in [6.45, 7) is 2.00. The van der Waals surface area contributed by atoms with E-state index >= 15 is 0 Å². The molecular weight excluding hydrogens is 162 g/mol. The lowest BCUT2D eigenvalue weighted by Gasteiger charge is -1.85. The van der Waals surface area contributed by atoms with Crippen LogP contribution < -0.4 is 0 Å². The Balaban J connectivity index is 2.65. The highest BCUT2D eigenvalue weighted by Crippen LogP contribution is 2.10. The van der Waals surface area contributed by atoms with Gasteiger partial charge in [0.05, 0.1) is 12.1 Å². The Morgan fingerprint density at radius 2 is 2.55 bits per heavy atom. The molecule has 60 valence electrons. The van der Waals surface area contributed by atoms with Crippen molar-refractivity contribution in [3.8, 4) is 0 Å². The first-order chi connectivity index (χ1) is 5.22. The van der Waals surface area contributed by atoms with Crippen LogP contribution in [-0.2, 0) is 17.6 Å². The van der Waals surface area contributed by atoms with Gasteiger partial charge in [0.1, 0.15) is 0 Å². The summed E-state index contributed by atoms with van der Waals surface area (Å²) >= 11 is 1.27. The maximum atomic E-state index is 10.2. The van der Waals surface area contributed by atoms with E-state index in [9.17, 15) is 4.79 Å². The highest BCUT2D eigenvalue weighted by Gasteiger charge is 2.03. The van der Waals surface area contributed by atoms with Gasteiger partial charge in [0, 0.05) is 4.88 Å². The summed E-state index contributed by atoms with van der Waals surface area (Å²) in [4.78, 5) is 11.1. The van der Waals surface area contributed by atoms with Crippen LogP contribution in [0, 0.1) is 0 Å². The van der Waals surface area contributed by atoms with Crippen molar-refractivity contribution in [1.82, 2.24) is 4.37 Å². The summed E-state index contributed by atoms with van der Waals surface area (Å²) in [6, 6.07) is 1.85. The van der Waals surface area contributed by atoms with Gasteiger partial charge in [0.25, 0.3) is 0 Å². The fraction of sp³-hybridized carbons (Fsp3) is 0.429. The van der Waals surface area contributed by atoms with Gasteiger partial charge in [-0.3, -0.25) is 4.79 Å². The Labute approximate surface area is 68.8 Å².